The van der Waals surface area contributed by atoms with E-state index in [1.807, 2.05) is 0 Å². The molecule has 0 saturated carbocycles. The molecule has 0 aliphatic heterocycles. The summed E-state index contributed by atoms with van der Waals surface area (Å²) in [6, 6.07) is 49.2. The molecule has 196 valence electrons. The van der Waals surface area contributed by atoms with Crippen LogP contribution in [0.4, 0.5) is 0 Å². The van der Waals surface area contributed by atoms with Crippen molar-refractivity contribution in [3.8, 4) is 16.9 Å². The first kappa shape index (κ1) is 24.6. The van der Waals surface area contributed by atoms with Crippen LogP contribution in [0, 0.1) is 3.57 Å². The van der Waals surface area contributed by atoms with Gasteiger partial charge in [-0.2, -0.15) is 0 Å². The van der Waals surface area contributed by atoms with E-state index in [1.54, 1.807) is 0 Å². The number of para-hydroxylation sites is 2. The summed E-state index contributed by atoms with van der Waals surface area (Å²) in [5.41, 5.74) is 7.72. The van der Waals surface area contributed by atoms with Crippen LogP contribution in [0.3, 0.4) is 0 Å². The second-order valence-electron chi connectivity index (χ2n) is 11.2. The number of rotatable bonds is 5. The smallest absolute Gasteiger partial charge is 0.0541 e. The molecule has 0 radical (unpaired) electrons. The summed E-state index contributed by atoms with van der Waals surface area (Å²) in [4.78, 5) is 0. The topological polar surface area (TPSA) is 4.93 Å². The average Bonchev–Trinajstić information content (AvgIpc) is 3.41. The number of halogens is 1. The van der Waals surface area contributed by atoms with Crippen molar-refractivity contribution in [2.24, 2.45) is 0 Å². The first-order valence-electron chi connectivity index (χ1n) is 14.3. The lowest BCUT2D eigenvalue weighted by Crippen LogP contribution is -2.02. The van der Waals surface area contributed by atoms with Gasteiger partial charge in [0.05, 0.1) is 11.2 Å². The van der Waals surface area contributed by atoms with E-state index in [9.17, 15) is 0 Å². The van der Waals surface area contributed by atoms with E-state index in [0.717, 1.165) is 6.42 Å². The minimum atomic E-state index is 0.424. The summed E-state index contributed by atoms with van der Waals surface area (Å²) in [6.45, 7) is 2.37. The molecule has 1 unspecified atom stereocenters. The van der Waals surface area contributed by atoms with Gasteiger partial charge < -0.3 is 4.57 Å². The fourth-order valence-electron chi connectivity index (χ4n) is 6.75. The molecule has 1 heterocycles. The van der Waals surface area contributed by atoms with Crippen molar-refractivity contribution < 1.29 is 0 Å². The number of benzene rings is 7. The van der Waals surface area contributed by atoms with Crippen LogP contribution in [0.25, 0.3) is 60.2 Å². The van der Waals surface area contributed by atoms with E-state index in [2.05, 4.69) is 168 Å². The third kappa shape index (κ3) is 4.04. The Balaban J connectivity index is 1.32. The van der Waals surface area contributed by atoms with Gasteiger partial charge in [0.25, 0.3) is 0 Å². The molecule has 1 nitrogen and oxygen atoms in total. The van der Waals surface area contributed by atoms with Crippen LogP contribution in [0.5, 0.6) is 0 Å². The molecule has 8 rings (SSSR count). The maximum absolute atomic E-state index is 2.47. The van der Waals surface area contributed by atoms with Gasteiger partial charge in [-0.25, -0.2) is 0 Å². The molecule has 2 heteroatoms. The van der Waals surface area contributed by atoms with Crippen molar-refractivity contribution in [1.29, 1.82) is 0 Å². The molecular weight excluding hydrogens is 609 g/mol. The molecule has 41 heavy (non-hydrogen) atoms. The van der Waals surface area contributed by atoms with E-state index < -0.39 is 0 Å². The molecule has 8 aromatic rings. The van der Waals surface area contributed by atoms with Gasteiger partial charge in [0.15, 0.2) is 0 Å². The van der Waals surface area contributed by atoms with Crippen molar-refractivity contribution in [1.82, 2.24) is 4.57 Å². The summed E-state index contributed by atoms with van der Waals surface area (Å²) >= 11 is 2.47. The molecule has 7 aromatic carbocycles. The van der Waals surface area contributed by atoms with Crippen LogP contribution >= 0.6 is 22.6 Å². The molecule has 1 aromatic heterocycles. The molecule has 0 spiro atoms. The first-order valence-corrected chi connectivity index (χ1v) is 15.3. The molecule has 0 N–H and O–H groups in total. The Morgan fingerprint density at radius 3 is 2.12 bits per heavy atom. The number of hydrogen-bond acceptors (Lipinski definition) is 0. The summed E-state index contributed by atoms with van der Waals surface area (Å²) in [5, 5.41) is 9.30. The number of hydrogen-bond donors (Lipinski definition) is 0. The second-order valence-corrected chi connectivity index (χ2v) is 12.3. The van der Waals surface area contributed by atoms with Gasteiger partial charge in [0, 0.05) is 14.6 Å². The zero-order valence-corrected chi connectivity index (χ0v) is 25.0. The summed E-state index contributed by atoms with van der Waals surface area (Å²) in [7, 11) is 0. The fraction of sp³-hybridized carbons (Fsp3) is 0.0769. The zero-order chi connectivity index (χ0) is 27.5. The maximum atomic E-state index is 2.47. The number of aromatic nitrogens is 1. The third-order valence-corrected chi connectivity index (χ3v) is 9.72. The van der Waals surface area contributed by atoms with Gasteiger partial charge in [0.1, 0.15) is 0 Å². The van der Waals surface area contributed by atoms with Crippen molar-refractivity contribution in [3.05, 3.63) is 148 Å². The fourth-order valence-corrected chi connectivity index (χ4v) is 7.35. The Morgan fingerprint density at radius 2 is 1.29 bits per heavy atom. The highest BCUT2D eigenvalue weighted by molar-refractivity contribution is 14.1. The molecule has 0 fully saturated rings. The molecule has 0 aliphatic rings. The van der Waals surface area contributed by atoms with Gasteiger partial charge in [-0.15, -0.1) is 0 Å². The second kappa shape index (κ2) is 9.74. The lowest BCUT2D eigenvalue weighted by atomic mass is 9.85. The van der Waals surface area contributed by atoms with Crippen molar-refractivity contribution in [2.75, 3.05) is 0 Å². The molecule has 0 saturated heterocycles. The predicted molar refractivity (Wildman–Crippen MR) is 184 cm³/mol. The van der Waals surface area contributed by atoms with E-state index in [0.29, 0.717) is 5.92 Å². The summed E-state index contributed by atoms with van der Waals surface area (Å²) < 4.78 is 3.74. The van der Waals surface area contributed by atoms with E-state index in [-0.39, 0.29) is 0 Å². The van der Waals surface area contributed by atoms with Crippen molar-refractivity contribution in [3.63, 3.8) is 0 Å². The molecule has 0 bridgehead atoms. The third-order valence-electron chi connectivity index (χ3n) is 8.67. The minimum Gasteiger partial charge on any atom is -0.309 e. The van der Waals surface area contributed by atoms with Gasteiger partial charge in [-0.1, -0.05) is 97.9 Å². The van der Waals surface area contributed by atoms with E-state index >= 15 is 0 Å². The lowest BCUT2D eigenvalue weighted by Gasteiger charge is -2.19. The SMILES string of the molecule is CC(Cc1ccccc1I)c1ccc2ccc3cc(-c4cc5ccccc5n4-c4ccccc4)cc4ccc1c2c34. The number of nitrogens with zero attached hydrogens (tertiary/aromatic N) is 1. The highest BCUT2D eigenvalue weighted by Gasteiger charge is 2.18. The molecular formula is C39H28IN. The van der Waals surface area contributed by atoms with Crippen LogP contribution in [-0.2, 0) is 6.42 Å². The standard InChI is InChI=1S/C39H28IN/c1-25(21-27-9-5-7-13-35(27)40)33-19-17-26-15-16-29-22-31(23-30-18-20-34(33)39(26)38(29)30)37-24-28-10-6-8-14-36(28)41(37)32-11-3-2-4-12-32/h2-20,22-25H,21H2,1H3. The van der Waals surface area contributed by atoms with Gasteiger partial charge in [-0.3, -0.25) is 0 Å². The van der Waals surface area contributed by atoms with Gasteiger partial charge in [-0.05, 0) is 126 Å². The average molecular weight is 638 g/mol. The Hall–Kier alpha value is -4.15. The van der Waals surface area contributed by atoms with Crippen molar-refractivity contribution in [2.45, 2.75) is 19.3 Å². The Kier molecular flexibility index (Phi) is 5.85. The molecule has 1 atom stereocenters. The van der Waals surface area contributed by atoms with Crippen LogP contribution in [-0.4, -0.2) is 4.57 Å². The normalized spacial score (nSPS) is 12.6. The van der Waals surface area contributed by atoms with E-state index in [1.165, 1.54) is 74.9 Å². The van der Waals surface area contributed by atoms with Crippen LogP contribution < -0.4 is 0 Å². The maximum Gasteiger partial charge on any atom is 0.0541 e. The quantitative estimate of drug-likeness (QED) is 0.131. The Morgan fingerprint density at radius 1 is 0.610 bits per heavy atom. The van der Waals surface area contributed by atoms with Crippen LogP contribution in [0.1, 0.15) is 24.0 Å². The minimum absolute atomic E-state index is 0.424. The molecule has 0 amide bonds. The predicted octanol–water partition coefficient (Wildman–Crippen LogP) is 11.1. The van der Waals surface area contributed by atoms with Crippen LogP contribution in [0.15, 0.2) is 133 Å². The lowest BCUT2D eigenvalue weighted by molar-refractivity contribution is 0.763. The highest BCUT2D eigenvalue weighted by Crippen LogP contribution is 2.41. The first-order chi connectivity index (χ1) is 20.2. The Bertz CT molecular complexity index is 2190. The Labute approximate surface area is 253 Å². The number of fused-ring (bicyclic) bond motifs is 1. The summed E-state index contributed by atoms with van der Waals surface area (Å²) in [6.07, 6.45) is 1.04. The summed E-state index contributed by atoms with van der Waals surface area (Å²) in [5.74, 6) is 0.424. The van der Waals surface area contributed by atoms with Gasteiger partial charge >= 0.3 is 0 Å². The van der Waals surface area contributed by atoms with Crippen LogP contribution in [0.2, 0.25) is 0 Å². The highest BCUT2D eigenvalue weighted by atomic mass is 127. The van der Waals surface area contributed by atoms with Crippen molar-refractivity contribution >= 4 is 65.8 Å². The monoisotopic (exact) mass is 637 g/mol. The largest absolute Gasteiger partial charge is 0.309 e. The molecule has 0 aliphatic carbocycles. The van der Waals surface area contributed by atoms with E-state index in [4.69, 9.17) is 0 Å². The van der Waals surface area contributed by atoms with Gasteiger partial charge in [0.2, 0.25) is 0 Å². The zero-order valence-electron chi connectivity index (χ0n) is 22.8.